The monoisotopic (exact) mass is 251 g/mol. The number of hydrogen-bond donors (Lipinski definition) is 2. The standard InChI is InChI=1S/C13H21N3O2/c1-9(2)16-11(4-7-15-16)10(8-14)13(12(17)18)5-3-6-13/h4,7,9-10H,3,5-6,8,14H2,1-2H3,(H,17,18)/t10-/m0/s1. The van der Waals surface area contributed by atoms with Crippen LogP contribution in [0, 0.1) is 5.41 Å². The van der Waals surface area contributed by atoms with Crippen molar-refractivity contribution in [1.82, 2.24) is 9.78 Å². The van der Waals surface area contributed by atoms with Crippen molar-refractivity contribution in [2.45, 2.75) is 45.1 Å². The maximum Gasteiger partial charge on any atom is 0.310 e. The molecule has 0 bridgehead atoms. The molecular formula is C13H21N3O2. The zero-order chi connectivity index (χ0) is 13.3. The molecule has 0 aromatic carbocycles. The third-order valence-corrected chi connectivity index (χ3v) is 4.12. The first-order valence-corrected chi connectivity index (χ1v) is 6.50. The molecule has 1 aliphatic carbocycles. The van der Waals surface area contributed by atoms with Gasteiger partial charge in [0, 0.05) is 30.4 Å². The van der Waals surface area contributed by atoms with E-state index in [2.05, 4.69) is 5.10 Å². The molecule has 0 unspecified atom stereocenters. The normalized spacial score (nSPS) is 19.6. The zero-order valence-corrected chi connectivity index (χ0v) is 11.0. The molecule has 1 aliphatic rings. The summed E-state index contributed by atoms with van der Waals surface area (Å²) in [7, 11) is 0. The van der Waals surface area contributed by atoms with E-state index in [0.717, 1.165) is 12.1 Å². The quantitative estimate of drug-likeness (QED) is 0.835. The number of rotatable bonds is 5. The summed E-state index contributed by atoms with van der Waals surface area (Å²) in [5.74, 6) is -0.866. The Labute approximate surface area is 107 Å². The largest absolute Gasteiger partial charge is 0.481 e. The SMILES string of the molecule is CC(C)n1nccc1[C@H](CN)C1(C(=O)O)CCC1. The van der Waals surface area contributed by atoms with Crippen molar-refractivity contribution in [2.24, 2.45) is 11.1 Å². The lowest BCUT2D eigenvalue weighted by atomic mass is 9.60. The van der Waals surface area contributed by atoms with Crippen molar-refractivity contribution >= 4 is 5.97 Å². The molecular weight excluding hydrogens is 230 g/mol. The van der Waals surface area contributed by atoms with Gasteiger partial charge in [0.1, 0.15) is 0 Å². The Balaban J connectivity index is 2.39. The second-order valence-corrected chi connectivity index (χ2v) is 5.40. The number of aliphatic carboxylic acids is 1. The topological polar surface area (TPSA) is 81.1 Å². The van der Waals surface area contributed by atoms with E-state index in [4.69, 9.17) is 5.73 Å². The Morgan fingerprint density at radius 2 is 2.28 bits per heavy atom. The first kappa shape index (κ1) is 13.1. The van der Waals surface area contributed by atoms with Gasteiger partial charge in [0.15, 0.2) is 0 Å². The van der Waals surface area contributed by atoms with Crippen molar-refractivity contribution in [3.05, 3.63) is 18.0 Å². The number of aromatic nitrogens is 2. The second kappa shape index (κ2) is 4.72. The minimum atomic E-state index is -0.722. The number of carbonyl (C=O) groups is 1. The van der Waals surface area contributed by atoms with Crippen LogP contribution in [0.3, 0.4) is 0 Å². The fourth-order valence-electron chi connectivity index (χ4n) is 2.93. The second-order valence-electron chi connectivity index (χ2n) is 5.40. The molecule has 1 atom stereocenters. The summed E-state index contributed by atoms with van der Waals surface area (Å²) < 4.78 is 1.89. The molecule has 5 heteroatoms. The molecule has 2 rings (SSSR count). The Morgan fingerprint density at radius 1 is 1.61 bits per heavy atom. The molecule has 1 saturated carbocycles. The molecule has 0 aliphatic heterocycles. The van der Waals surface area contributed by atoms with Crippen LogP contribution < -0.4 is 5.73 Å². The summed E-state index contributed by atoms with van der Waals surface area (Å²) in [6.45, 7) is 4.43. The van der Waals surface area contributed by atoms with Crippen LogP contribution in [0.2, 0.25) is 0 Å². The number of nitrogens with zero attached hydrogens (tertiary/aromatic N) is 2. The predicted octanol–water partition coefficient (Wildman–Crippen LogP) is 1.76. The minimum absolute atomic E-state index is 0.145. The van der Waals surface area contributed by atoms with Crippen molar-refractivity contribution in [3.63, 3.8) is 0 Å². The average Bonchev–Trinajstić information content (AvgIpc) is 2.70. The lowest BCUT2D eigenvalue weighted by Crippen LogP contribution is -2.46. The lowest BCUT2D eigenvalue weighted by Gasteiger charge is -2.44. The third kappa shape index (κ3) is 1.82. The van der Waals surface area contributed by atoms with Gasteiger partial charge in [-0.15, -0.1) is 0 Å². The van der Waals surface area contributed by atoms with Crippen LogP contribution in [-0.2, 0) is 4.79 Å². The first-order chi connectivity index (χ1) is 8.53. The highest BCUT2D eigenvalue weighted by Gasteiger charge is 2.51. The fraction of sp³-hybridized carbons (Fsp3) is 0.692. The molecule has 18 heavy (non-hydrogen) atoms. The molecule has 0 spiro atoms. The predicted molar refractivity (Wildman–Crippen MR) is 68.3 cm³/mol. The Morgan fingerprint density at radius 3 is 2.67 bits per heavy atom. The Kier molecular flexibility index (Phi) is 3.43. The van der Waals surface area contributed by atoms with Crippen molar-refractivity contribution in [1.29, 1.82) is 0 Å². The summed E-state index contributed by atoms with van der Waals surface area (Å²) in [6, 6.07) is 2.12. The van der Waals surface area contributed by atoms with Gasteiger partial charge in [-0.25, -0.2) is 0 Å². The number of carboxylic acid groups (broad SMARTS) is 1. The van der Waals surface area contributed by atoms with E-state index in [1.807, 2.05) is 24.6 Å². The van der Waals surface area contributed by atoms with E-state index < -0.39 is 11.4 Å². The van der Waals surface area contributed by atoms with Gasteiger partial charge < -0.3 is 10.8 Å². The van der Waals surface area contributed by atoms with Gasteiger partial charge in [0.25, 0.3) is 0 Å². The van der Waals surface area contributed by atoms with Crippen LogP contribution in [0.5, 0.6) is 0 Å². The molecule has 0 amide bonds. The molecule has 1 aromatic rings. The highest BCUT2D eigenvalue weighted by molar-refractivity contribution is 5.77. The molecule has 3 N–H and O–H groups in total. The molecule has 0 saturated heterocycles. The van der Waals surface area contributed by atoms with Gasteiger partial charge in [0.05, 0.1) is 5.41 Å². The van der Waals surface area contributed by atoms with Gasteiger partial charge >= 0.3 is 5.97 Å². The van der Waals surface area contributed by atoms with Gasteiger partial charge in [-0.1, -0.05) is 6.42 Å². The van der Waals surface area contributed by atoms with Gasteiger partial charge in [-0.3, -0.25) is 9.48 Å². The summed E-state index contributed by atoms with van der Waals surface area (Å²) in [5.41, 5.74) is 6.14. The molecule has 1 heterocycles. The lowest BCUT2D eigenvalue weighted by molar-refractivity contribution is -0.156. The minimum Gasteiger partial charge on any atom is -0.481 e. The van der Waals surface area contributed by atoms with Crippen molar-refractivity contribution in [2.75, 3.05) is 6.54 Å². The maximum absolute atomic E-state index is 11.6. The third-order valence-electron chi connectivity index (χ3n) is 4.12. The van der Waals surface area contributed by atoms with E-state index in [1.165, 1.54) is 0 Å². The van der Waals surface area contributed by atoms with Gasteiger partial charge in [-0.05, 0) is 32.8 Å². The van der Waals surface area contributed by atoms with Gasteiger partial charge in [0.2, 0.25) is 0 Å². The van der Waals surface area contributed by atoms with Crippen molar-refractivity contribution < 1.29 is 9.90 Å². The highest BCUT2D eigenvalue weighted by Crippen LogP contribution is 2.51. The fourth-order valence-corrected chi connectivity index (χ4v) is 2.93. The Bertz CT molecular complexity index is 435. The van der Waals surface area contributed by atoms with Crippen LogP contribution in [0.4, 0.5) is 0 Å². The van der Waals surface area contributed by atoms with Crippen LogP contribution >= 0.6 is 0 Å². The van der Waals surface area contributed by atoms with E-state index in [1.54, 1.807) is 6.20 Å². The number of carboxylic acids is 1. The average molecular weight is 251 g/mol. The van der Waals surface area contributed by atoms with E-state index in [0.29, 0.717) is 19.4 Å². The molecule has 5 nitrogen and oxygen atoms in total. The highest BCUT2D eigenvalue weighted by atomic mass is 16.4. The van der Waals surface area contributed by atoms with E-state index >= 15 is 0 Å². The van der Waals surface area contributed by atoms with Gasteiger partial charge in [-0.2, -0.15) is 5.10 Å². The van der Waals surface area contributed by atoms with Crippen LogP contribution in [0.1, 0.15) is 50.8 Å². The molecule has 1 fully saturated rings. The summed E-state index contributed by atoms with van der Waals surface area (Å²) >= 11 is 0. The zero-order valence-electron chi connectivity index (χ0n) is 11.0. The summed E-state index contributed by atoms with van der Waals surface area (Å²) in [5, 5.41) is 13.8. The van der Waals surface area contributed by atoms with Crippen molar-refractivity contribution in [3.8, 4) is 0 Å². The molecule has 0 radical (unpaired) electrons. The maximum atomic E-state index is 11.6. The smallest absolute Gasteiger partial charge is 0.310 e. The number of hydrogen-bond acceptors (Lipinski definition) is 3. The Hall–Kier alpha value is -1.36. The number of nitrogens with two attached hydrogens (primary N) is 1. The molecule has 100 valence electrons. The molecule has 1 aromatic heterocycles. The summed E-state index contributed by atoms with van der Waals surface area (Å²) in [4.78, 5) is 11.6. The van der Waals surface area contributed by atoms with E-state index in [9.17, 15) is 9.90 Å². The van der Waals surface area contributed by atoms with Crippen LogP contribution in [0.25, 0.3) is 0 Å². The van der Waals surface area contributed by atoms with E-state index in [-0.39, 0.29) is 12.0 Å². The van der Waals surface area contributed by atoms with Crippen LogP contribution in [0.15, 0.2) is 12.3 Å². The van der Waals surface area contributed by atoms with Crippen LogP contribution in [-0.4, -0.2) is 27.4 Å². The summed E-state index contributed by atoms with van der Waals surface area (Å²) in [6.07, 6.45) is 4.13. The first-order valence-electron chi connectivity index (χ1n) is 6.50.